The summed E-state index contributed by atoms with van der Waals surface area (Å²) in [6.07, 6.45) is 0.994. The van der Waals surface area contributed by atoms with Crippen LogP contribution in [0, 0.1) is 0 Å². The monoisotopic (exact) mass is 305 g/mol. The molecule has 1 atom stereocenters. The third kappa shape index (κ3) is 2.12. The average molecular weight is 305 g/mol. The second kappa shape index (κ2) is 4.35. The van der Waals surface area contributed by atoms with Crippen LogP contribution in [0.2, 0.25) is 0 Å². The first-order chi connectivity index (χ1) is 6.79. The highest BCUT2D eigenvalue weighted by Gasteiger charge is 2.13. The zero-order valence-electron chi connectivity index (χ0n) is 7.92. The Kier molecular flexibility index (Phi) is 3.12. The average Bonchev–Trinajstić information content (AvgIpc) is 2.64. The molecule has 0 fully saturated rings. The van der Waals surface area contributed by atoms with Crippen LogP contribution in [0.25, 0.3) is 0 Å². The normalized spacial score (nSPS) is 15.6. The topological polar surface area (TPSA) is 30.5 Å². The minimum atomic E-state index is 0.346. The van der Waals surface area contributed by atoms with Crippen molar-refractivity contribution in [3.05, 3.63) is 23.8 Å². The highest BCUT2D eigenvalue weighted by atomic mass is 127. The number of ether oxygens (including phenoxy) is 2. The molecule has 0 saturated heterocycles. The van der Waals surface area contributed by atoms with Gasteiger partial charge in [-0.1, -0.05) is 28.7 Å². The molecule has 4 heteroatoms. The summed E-state index contributed by atoms with van der Waals surface area (Å²) < 4.78 is 11.0. The molecule has 14 heavy (non-hydrogen) atoms. The number of benzene rings is 1. The van der Waals surface area contributed by atoms with Crippen LogP contribution >= 0.6 is 22.6 Å². The zero-order chi connectivity index (χ0) is 9.97. The first-order valence-corrected chi connectivity index (χ1v) is 5.74. The molecule has 0 amide bonds. The number of likely N-dealkylation sites (N-methyl/N-ethyl adjacent to an activating group) is 1. The van der Waals surface area contributed by atoms with Crippen molar-refractivity contribution >= 4 is 22.6 Å². The number of rotatable bonds is 3. The highest BCUT2D eigenvalue weighted by Crippen LogP contribution is 2.32. The van der Waals surface area contributed by atoms with Gasteiger partial charge in [0, 0.05) is 0 Å². The maximum Gasteiger partial charge on any atom is 0.231 e. The van der Waals surface area contributed by atoms with Gasteiger partial charge in [-0.15, -0.1) is 0 Å². The molecule has 1 aliphatic heterocycles. The molecule has 1 heterocycles. The number of halogens is 1. The van der Waals surface area contributed by atoms with Gasteiger partial charge in [-0.3, -0.25) is 0 Å². The molecule has 76 valence electrons. The fourth-order valence-corrected chi connectivity index (χ4v) is 1.89. The standard InChI is InChI=1S/C10H12INO2/c1-12-10(11)5-7-2-3-8-9(4-7)14-6-13-8/h2-4,10,12H,5-6H2,1H3/t10-/m1/s1. The van der Waals surface area contributed by atoms with E-state index in [1.165, 1.54) is 5.56 Å². The molecule has 0 unspecified atom stereocenters. The Bertz CT molecular complexity index is 330. The molecular weight excluding hydrogens is 293 g/mol. The van der Waals surface area contributed by atoms with Crippen LogP contribution in [0.4, 0.5) is 0 Å². The van der Waals surface area contributed by atoms with Crippen LogP contribution in [0.1, 0.15) is 5.56 Å². The van der Waals surface area contributed by atoms with Crippen LogP contribution < -0.4 is 14.8 Å². The molecule has 1 aromatic carbocycles. The second-order valence-corrected chi connectivity index (χ2v) is 4.65. The van der Waals surface area contributed by atoms with Crippen LogP contribution in [0.15, 0.2) is 18.2 Å². The van der Waals surface area contributed by atoms with Crippen molar-refractivity contribution in [1.29, 1.82) is 0 Å². The number of hydrogen-bond acceptors (Lipinski definition) is 3. The van der Waals surface area contributed by atoms with Gasteiger partial charge >= 0.3 is 0 Å². The number of alkyl halides is 1. The highest BCUT2D eigenvalue weighted by molar-refractivity contribution is 14.1. The Morgan fingerprint density at radius 3 is 3.00 bits per heavy atom. The van der Waals surface area contributed by atoms with Gasteiger partial charge in [-0.25, -0.2) is 0 Å². The second-order valence-electron chi connectivity index (χ2n) is 3.15. The SMILES string of the molecule is CN[C@@H](I)Cc1ccc2c(c1)OCO2. The van der Waals surface area contributed by atoms with Crippen LogP contribution in [0.5, 0.6) is 11.5 Å². The summed E-state index contributed by atoms with van der Waals surface area (Å²) in [6, 6.07) is 6.10. The van der Waals surface area contributed by atoms with Gasteiger partial charge in [0.15, 0.2) is 11.5 Å². The number of fused-ring (bicyclic) bond motifs is 1. The first-order valence-electron chi connectivity index (χ1n) is 4.49. The molecule has 0 saturated carbocycles. The van der Waals surface area contributed by atoms with E-state index in [0.717, 1.165) is 17.9 Å². The predicted octanol–water partition coefficient (Wildman–Crippen LogP) is 1.94. The van der Waals surface area contributed by atoms with Gasteiger partial charge in [0.2, 0.25) is 6.79 Å². The third-order valence-corrected chi connectivity index (χ3v) is 3.23. The van der Waals surface area contributed by atoms with E-state index in [0.29, 0.717) is 10.8 Å². The molecule has 3 nitrogen and oxygen atoms in total. The van der Waals surface area contributed by atoms with E-state index >= 15 is 0 Å². The summed E-state index contributed by atoms with van der Waals surface area (Å²) in [7, 11) is 1.96. The Morgan fingerprint density at radius 1 is 1.43 bits per heavy atom. The molecule has 1 N–H and O–H groups in total. The van der Waals surface area contributed by atoms with E-state index in [9.17, 15) is 0 Å². The first kappa shape index (κ1) is 10.0. The maximum absolute atomic E-state index is 5.31. The minimum Gasteiger partial charge on any atom is -0.454 e. The van der Waals surface area contributed by atoms with Crippen LogP contribution in [-0.4, -0.2) is 17.9 Å². The molecule has 1 aliphatic rings. The van der Waals surface area contributed by atoms with Crippen molar-refractivity contribution in [2.75, 3.05) is 13.8 Å². The van der Waals surface area contributed by atoms with Gasteiger partial charge in [0.05, 0.1) is 4.05 Å². The van der Waals surface area contributed by atoms with Gasteiger partial charge in [-0.05, 0) is 31.2 Å². The molecule has 2 rings (SSSR count). The van der Waals surface area contributed by atoms with Crippen molar-refractivity contribution in [2.24, 2.45) is 0 Å². The van der Waals surface area contributed by atoms with Crippen LogP contribution in [-0.2, 0) is 6.42 Å². The molecule has 0 spiro atoms. The van der Waals surface area contributed by atoms with E-state index in [1.807, 2.05) is 19.2 Å². The summed E-state index contributed by atoms with van der Waals surface area (Å²) in [5.41, 5.74) is 1.27. The van der Waals surface area contributed by atoms with E-state index in [1.54, 1.807) is 0 Å². The van der Waals surface area contributed by atoms with Gasteiger partial charge in [0.25, 0.3) is 0 Å². The third-order valence-electron chi connectivity index (χ3n) is 2.17. The quantitative estimate of drug-likeness (QED) is 0.526. The summed E-state index contributed by atoms with van der Waals surface area (Å²) in [6.45, 7) is 0.346. The fraction of sp³-hybridized carbons (Fsp3) is 0.400. The van der Waals surface area contributed by atoms with E-state index in [2.05, 4.69) is 34.0 Å². The minimum absolute atomic E-state index is 0.346. The van der Waals surface area contributed by atoms with E-state index in [4.69, 9.17) is 9.47 Å². The summed E-state index contributed by atoms with van der Waals surface area (Å²) in [5, 5.41) is 3.20. The zero-order valence-corrected chi connectivity index (χ0v) is 10.1. The predicted molar refractivity (Wildman–Crippen MR) is 63.1 cm³/mol. The fourth-order valence-electron chi connectivity index (χ4n) is 1.38. The van der Waals surface area contributed by atoms with Crippen molar-refractivity contribution in [1.82, 2.24) is 5.32 Å². The Labute approximate surface area is 96.9 Å². The lowest BCUT2D eigenvalue weighted by Crippen LogP contribution is -2.20. The lowest BCUT2D eigenvalue weighted by molar-refractivity contribution is 0.174. The number of hydrogen-bond donors (Lipinski definition) is 1. The Hall–Kier alpha value is -0.490. The molecule has 0 aromatic heterocycles. The van der Waals surface area contributed by atoms with Crippen LogP contribution in [0.3, 0.4) is 0 Å². The Balaban J connectivity index is 2.12. The molecule has 0 radical (unpaired) electrons. The maximum atomic E-state index is 5.31. The van der Waals surface area contributed by atoms with Gasteiger partial charge < -0.3 is 14.8 Å². The smallest absolute Gasteiger partial charge is 0.231 e. The summed E-state index contributed by atoms with van der Waals surface area (Å²) in [4.78, 5) is 0. The molecule has 1 aromatic rings. The molecule has 0 bridgehead atoms. The lowest BCUT2D eigenvalue weighted by atomic mass is 10.1. The number of nitrogens with one attached hydrogen (secondary N) is 1. The van der Waals surface area contributed by atoms with Crippen molar-refractivity contribution < 1.29 is 9.47 Å². The summed E-state index contributed by atoms with van der Waals surface area (Å²) in [5.74, 6) is 1.71. The van der Waals surface area contributed by atoms with Crippen molar-refractivity contribution in [3.63, 3.8) is 0 Å². The van der Waals surface area contributed by atoms with E-state index < -0.39 is 0 Å². The van der Waals surface area contributed by atoms with Crippen molar-refractivity contribution in [2.45, 2.75) is 10.5 Å². The van der Waals surface area contributed by atoms with Gasteiger partial charge in [0.1, 0.15) is 0 Å². The molecule has 0 aliphatic carbocycles. The lowest BCUT2D eigenvalue weighted by Gasteiger charge is -2.08. The Morgan fingerprint density at radius 2 is 2.21 bits per heavy atom. The largest absolute Gasteiger partial charge is 0.454 e. The van der Waals surface area contributed by atoms with E-state index in [-0.39, 0.29) is 0 Å². The molecular formula is C10H12INO2. The summed E-state index contributed by atoms with van der Waals surface area (Å²) >= 11 is 2.37. The van der Waals surface area contributed by atoms with Gasteiger partial charge in [-0.2, -0.15) is 0 Å². The van der Waals surface area contributed by atoms with Crippen molar-refractivity contribution in [3.8, 4) is 11.5 Å².